The molecule has 1 atom stereocenters. The minimum absolute atomic E-state index is 0.534. The molecule has 1 unspecified atom stereocenters. The predicted molar refractivity (Wildman–Crippen MR) is 107 cm³/mol. The molecular formula is C20H30N4S. The van der Waals surface area contributed by atoms with E-state index in [-0.39, 0.29) is 0 Å². The van der Waals surface area contributed by atoms with Gasteiger partial charge in [0, 0.05) is 44.3 Å². The van der Waals surface area contributed by atoms with Crippen LogP contribution >= 0.6 is 11.3 Å². The fourth-order valence-corrected chi connectivity index (χ4v) is 4.40. The van der Waals surface area contributed by atoms with Crippen LogP contribution in [0.4, 0.5) is 5.13 Å². The average molecular weight is 359 g/mol. The summed E-state index contributed by atoms with van der Waals surface area (Å²) in [5.74, 6) is 0. The first-order valence-corrected chi connectivity index (χ1v) is 9.94. The fraction of sp³-hybridized carbons (Fsp3) is 0.550. The van der Waals surface area contributed by atoms with Crippen molar-refractivity contribution in [1.29, 1.82) is 0 Å². The van der Waals surface area contributed by atoms with Crippen LogP contribution in [0.15, 0.2) is 30.5 Å². The predicted octanol–water partition coefficient (Wildman–Crippen LogP) is 4.00. The third kappa shape index (κ3) is 4.81. The number of nitrogens with zero attached hydrogens (tertiary/aromatic N) is 4. The van der Waals surface area contributed by atoms with Crippen molar-refractivity contribution in [2.45, 2.75) is 38.4 Å². The van der Waals surface area contributed by atoms with Crippen molar-refractivity contribution in [1.82, 2.24) is 14.8 Å². The van der Waals surface area contributed by atoms with Crippen molar-refractivity contribution in [3.63, 3.8) is 0 Å². The second kappa shape index (κ2) is 8.30. The first kappa shape index (κ1) is 18.4. The Labute approximate surface area is 156 Å². The zero-order chi connectivity index (χ0) is 17.8. The molecule has 5 heteroatoms. The van der Waals surface area contributed by atoms with E-state index in [9.17, 15) is 0 Å². The summed E-state index contributed by atoms with van der Waals surface area (Å²) in [6.45, 7) is 3.19. The molecular weight excluding hydrogens is 328 g/mol. The summed E-state index contributed by atoms with van der Waals surface area (Å²) >= 11 is 1.81. The molecule has 136 valence electrons. The molecule has 0 aliphatic carbocycles. The van der Waals surface area contributed by atoms with E-state index < -0.39 is 0 Å². The maximum Gasteiger partial charge on any atom is 0.185 e. The maximum atomic E-state index is 4.53. The van der Waals surface area contributed by atoms with Crippen LogP contribution in [0.5, 0.6) is 0 Å². The van der Waals surface area contributed by atoms with Crippen molar-refractivity contribution in [2.75, 3.05) is 39.6 Å². The molecule has 0 N–H and O–H groups in total. The van der Waals surface area contributed by atoms with Gasteiger partial charge in [-0.25, -0.2) is 4.98 Å². The van der Waals surface area contributed by atoms with Crippen molar-refractivity contribution in [3.05, 3.63) is 46.5 Å². The third-order valence-corrected chi connectivity index (χ3v) is 5.91. The molecule has 4 nitrogen and oxygen atoms in total. The monoisotopic (exact) mass is 358 g/mol. The second-order valence-electron chi connectivity index (χ2n) is 7.46. The summed E-state index contributed by atoms with van der Waals surface area (Å²) in [6, 6.07) is 9.78. The largest absolute Gasteiger partial charge is 0.354 e. The van der Waals surface area contributed by atoms with Gasteiger partial charge < -0.3 is 9.80 Å². The molecule has 0 saturated carbocycles. The van der Waals surface area contributed by atoms with Gasteiger partial charge in [0.2, 0.25) is 0 Å². The Morgan fingerprint density at radius 3 is 2.52 bits per heavy atom. The fourth-order valence-electron chi connectivity index (χ4n) is 3.55. The number of piperidine rings is 1. The highest BCUT2D eigenvalue weighted by Gasteiger charge is 2.24. The van der Waals surface area contributed by atoms with Crippen molar-refractivity contribution in [3.8, 4) is 0 Å². The Morgan fingerprint density at radius 2 is 1.88 bits per heavy atom. The molecule has 0 bridgehead atoms. The van der Waals surface area contributed by atoms with E-state index >= 15 is 0 Å². The SMILES string of the molecule is CN(C)Cc1ccc(C2CCCCN2Cc2cnc(N(C)C)s2)cc1. The molecule has 1 aromatic heterocycles. The van der Waals surface area contributed by atoms with E-state index in [4.69, 9.17) is 0 Å². The highest BCUT2D eigenvalue weighted by molar-refractivity contribution is 7.15. The second-order valence-corrected chi connectivity index (χ2v) is 8.56. The Morgan fingerprint density at radius 1 is 1.12 bits per heavy atom. The molecule has 1 fully saturated rings. The van der Waals surface area contributed by atoms with Crippen molar-refractivity contribution >= 4 is 16.5 Å². The number of aromatic nitrogens is 1. The van der Waals surface area contributed by atoms with Gasteiger partial charge in [0.1, 0.15) is 0 Å². The molecule has 3 rings (SSSR count). The lowest BCUT2D eigenvalue weighted by atomic mass is 9.94. The topological polar surface area (TPSA) is 22.6 Å². The number of hydrogen-bond acceptors (Lipinski definition) is 5. The molecule has 1 aliphatic rings. The Kier molecular flexibility index (Phi) is 6.10. The number of benzene rings is 1. The minimum Gasteiger partial charge on any atom is -0.354 e. The summed E-state index contributed by atoms with van der Waals surface area (Å²) in [5.41, 5.74) is 2.84. The van der Waals surface area contributed by atoms with Crippen LogP contribution in [-0.4, -0.2) is 49.5 Å². The number of anilines is 1. The summed E-state index contributed by atoms with van der Waals surface area (Å²) < 4.78 is 0. The number of rotatable bonds is 6. The zero-order valence-corrected chi connectivity index (χ0v) is 16.7. The average Bonchev–Trinajstić information content (AvgIpc) is 3.05. The van der Waals surface area contributed by atoms with Gasteiger partial charge in [-0.05, 0) is 44.6 Å². The molecule has 1 aliphatic heterocycles. The molecule has 25 heavy (non-hydrogen) atoms. The first-order valence-electron chi connectivity index (χ1n) is 9.12. The first-order chi connectivity index (χ1) is 12.0. The van der Waals surface area contributed by atoms with E-state index in [1.807, 2.05) is 17.5 Å². The summed E-state index contributed by atoms with van der Waals surface area (Å²) in [6.07, 6.45) is 5.93. The van der Waals surface area contributed by atoms with E-state index in [0.717, 1.165) is 18.2 Å². The third-order valence-electron chi connectivity index (χ3n) is 4.76. The molecule has 2 aromatic rings. The van der Waals surface area contributed by atoms with Gasteiger partial charge in [0.05, 0.1) is 0 Å². The van der Waals surface area contributed by atoms with Crippen molar-refractivity contribution in [2.24, 2.45) is 0 Å². The Bertz CT molecular complexity index is 663. The van der Waals surface area contributed by atoms with E-state index in [0.29, 0.717) is 6.04 Å². The highest BCUT2D eigenvalue weighted by atomic mass is 32.1. The molecule has 0 spiro atoms. The minimum atomic E-state index is 0.534. The van der Waals surface area contributed by atoms with Gasteiger partial charge in [0.15, 0.2) is 5.13 Å². The van der Waals surface area contributed by atoms with Crippen LogP contribution in [0, 0.1) is 0 Å². The van der Waals surface area contributed by atoms with Gasteiger partial charge in [0.25, 0.3) is 0 Å². The Balaban J connectivity index is 1.71. The normalized spacial score (nSPS) is 18.7. The maximum absolute atomic E-state index is 4.53. The van der Waals surface area contributed by atoms with Crippen LogP contribution in [0.2, 0.25) is 0 Å². The smallest absolute Gasteiger partial charge is 0.185 e. The van der Waals surface area contributed by atoms with Gasteiger partial charge in [-0.15, -0.1) is 11.3 Å². The lowest BCUT2D eigenvalue weighted by Crippen LogP contribution is -2.32. The zero-order valence-electron chi connectivity index (χ0n) is 15.9. The summed E-state index contributed by atoms with van der Waals surface area (Å²) in [5, 5.41) is 1.09. The Hall–Kier alpha value is -1.43. The molecule has 2 heterocycles. The lowest BCUT2D eigenvalue weighted by Gasteiger charge is -2.35. The van der Waals surface area contributed by atoms with Gasteiger partial charge in [-0.2, -0.15) is 0 Å². The van der Waals surface area contributed by atoms with Crippen LogP contribution in [0.25, 0.3) is 0 Å². The van der Waals surface area contributed by atoms with Gasteiger partial charge >= 0.3 is 0 Å². The summed E-state index contributed by atoms with van der Waals surface area (Å²) in [4.78, 5) is 12.8. The quantitative estimate of drug-likeness (QED) is 0.778. The molecule has 1 aromatic carbocycles. The van der Waals surface area contributed by atoms with Gasteiger partial charge in [-0.1, -0.05) is 30.7 Å². The van der Waals surface area contributed by atoms with Crippen molar-refractivity contribution < 1.29 is 0 Å². The van der Waals surface area contributed by atoms with E-state index in [1.54, 1.807) is 0 Å². The molecule has 0 amide bonds. The van der Waals surface area contributed by atoms with E-state index in [1.165, 1.54) is 41.8 Å². The lowest BCUT2D eigenvalue weighted by molar-refractivity contribution is 0.141. The van der Waals surface area contributed by atoms with Crippen LogP contribution < -0.4 is 4.90 Å². The van der Waals surface area contributed by atoms with Gasteiger partial charge in [-0.3, -0.25) is 4.90 Å². The van der Waals surface area contributed by atoms with E-state index in [2.05, 4.69) is 72.1 Å². The number of likely N-dealkylation sites (tertiary alicyclic amines) is 1. The molecule has 0 radical (unpaired) electrons. The summed E-state index contributed by atoms with van der Waals surface area (Å²) in [7, 11) is 8.35. The number of hydrogen-bond donors (Lipinski definition) is 0. The van der Waals surface area contributed by atoms with Crippen LogP contribution in [0.1, 0.15) is 41.3 Å². The van der Waals surface area contributed by atoms with Crippen LogP contribution in [0.3, 0.4) is 0 Å². The standard InChI is InChI=1S/C20H30N4S/c1-22(2)14-16-8-10-17(11-9-16)19-7-5-6-12-24(19)15-18-13-21-20(25-18)23(3)4/h8-11,13,19H,5-7,12,14-15H2,1-4H3. The van der Waals surface area contributed by atoms with Crippen LogP contribution in [-0.2, 0) is 13.1 Å². The highest BCUT2D eigenvalue weighted by Crippen LogP contribution is 2.33. The number of thiazole rings is 1. The molecule has 1 saturated heterocycles.